The largest absolute Gasteiger partial charge is 0.483 e. The molecule has 0 atom stereocenters. The van der Waals surface area contributed by atoms with E-state index in [-0.39, 0.29) is 19.1 Å². The number of amides is 1. The van der Waals surface area contributed by atoms with E-state index in [1.807, 2.05) is 32.9 Å². The second kappa shape index (κ2) is 7.67. The number of hydrogen-bond acceptors (Lipinski definition) is 4. The Hall–Kier alpha value is -2.04. The van der Waals surface area contributed by atoms with Crippen molar-refractivity contribution in [3.05, 3.63) is 28.8 Å². The van der Waals surface area contributed by atoms with Gasteiger partial charge in [-0.2, -0.15) is 0 Å². The number of hydrogen-bond donors (Lipinski definition) is 0. The van der Waals surface area contributed by atoms with E-state index in [2.05, 4.69) is 0 Å². The first kappa shape index (κ1) is 17.0. The lowest BCUT2D eigenvalue weighted by Gasteiger charge is -2.18. The number of aryl methyl sites for hydroxylation is 2. The molecule has 0 fully saturated rings. The van der Waals surface area contributed by atoms with Crippen LogP contribution in [0.2, 0.25) is 0 Å². The molecule has 1 rings (SSSR count). The van der Waals surface area contributed by atoms with Crippen LogP contribution in [0.1, 0.15) is 23.6 Å². The summed E-state index contributed by atoms with van der Waals surface area (Å²) in [5, 5.41) is 0. The topological polar surface area (TPSA) is 55.8 Å². The number of ether oxygens (including phenoxy) is 2. The van der Waals surface area contributed by atoms with Crippen LogP contribution in [0.15, 0.2) is 12.1 Å². The Morgan fingerprint density at radius 3 is 2.38 bits per heavy atom. The summed E-state index contributed by atoms with van der Waals surface area (Å²) in [5.74, 6) is 0.0486. The van der Waals surface area contributed by atoms with Gasteiger partial charge < -0.3 is 14.4 Å². The Kier molecular flexibility index (Phi) is 6.21. The van der Waals surface area contributed by atoms with Gasteiger partial charge in [0.1, 0.15) is 12.3 Å². The lowest BCUT2D eigenvalue weighted by Crippen LogP contribution is -2.36. The molecule has 0 radical (unpaired) electrons. The summed E-state index contributed by atoms with van der Waals surface area (Å²) in [7, 11) is 1.55. The minimum absolute atomic E-state index is 0.0676. The molecule has 0 unspecified atom stereocenters. The Morgan fingerprint density at radius 2 is 1.76 bits per heavy atom. The van der Waals surface area contributed by atoms with Gasteiger partial charge in [-0.05, 0) is 44.4 Å². The highest BCUT2D eigenvalue weighted by Gasteiger charge is 2.15. The first-order valence-electron chi connectivity index (χ1n) is 6.96. The number of esters is 1. The third-order valence-corrected chi connectivity index (χ3v) is 3.31. The fourth-order valence-corrected chi connectivity index (χ4v) is 1.88. The van der Waals surface area contributed by atoms with Gasteiger partial charge in [0, 0.05) is 7.05 Å². The maximum atomic E-state index is 12.0. The molecule has 0 bridgehead atoms. The molecule has 1 aromatic carbocycles. The number of likely N-dealkylation sites (N-methyl/N-ethyl adjacent to an activating group) is 1. The number of benzene rings is 1. The molecule has 5 nitrogen and oxygen atoms in total. The lowest BCUT2D eigenvalue weighted by atomic mass is 10.1. The van der Waals surface area contributed by atoms with Gasteiger partial charge in [0.25, 0.3) is 5.91 Å². The molecule has 0 heterocycles. The van der Waals surface area contributed by atoms with Crippen LogP contribution in [0, 0.1) is 20.8 Å². The minimum atomic E-state index is -0.420. The quantitative estimate of drug-likeness (QED) is 0.753. The van der Waals surface area contributed by atoms with E-state index in [0.717, 1.165) is 22.4 Å². The molecule has 0 aliphatic heterocycles. The van der Waals surface area contributed by atoms with E-state index in [4.69, 9.17) is 9.47 Å². The van der Waals surface area contributed by atoms with Crippen molar-refractivity contribution in [1.29, 1.82) is 0 Å². The Morgan fingerprint density at radius 1 is 1.14 bits per heavy atom. The van der Waals surface area contributed by atoms with Crippen LogP contribution in [0.25, 0.3) is 0 Å². The van der Waals surface area contributed by atoms with Crippen molar-refractivity contribution in [3.63, 3.8) is 0 Å². The average Bonchev–Trinajstić information content (AvgIpc) is 2.43. The smallest absolute Gasteiger partial charge is 0.325 e. The van der Waals surface area contributed by atoms with E-state index in [1.165, 1.54) is 4.90 Å². The first-order valence-corrected chi connectivity index (χ1v) is 6.96. The predicted octanol–water partition coefficient (Wildman–Crippen LogP) is 2.01. The van der Waals surface area contributed by atoms with Gasteiger partial charge in [-0.25, -0.2) is 0 Å². The molecule has 1 amide bonds. The molecule has 21 heavy (non-hydrogen) atoms. The molecule has 0 aromatic heterocycles. The minimum Gasteiger partial charge on any atom is -0.483 e. The van der Waals surface area contributed by atoms with Crippen molar-refractivity contribution in [1.82, 2.24) is 4.90 Å². The van der Waals surface area contributed by atoms with E-state index < -0.39 is 5.97 Å². The van der Waals surface area contributed by atoms with Gasteiger partial charge in [-0.3, -0.25) is 9.59 Å². The highest BCUT2D eigenvalue weighted by atomic mass is 16.5. The van der Waals surface area contributed by atoms with Crippen molar-refractivity contribution < 1.29 is 19.1 Å². The summed E-state index contributed by atoms with van der Waals surface area (Å²) in [4.78, 5) is 24.6. The molecule has 0 spiro atoms. The first-order chi connectivity index (χ1) is 9.86. The highest BCUT2D eigenvalue weighted by Crippen LogP contribution is 2.25. The molecule has 116 valence electrons. The zero-order chi connectivity index (χ0) is 16.0. The van der Waals surface area contributed by atoms with E-state index in [1.54, 1.807) is 14.0 Å². The average molecular weight is 293 g/mol. The van der Waals surface area contributed by atoms with Crippen LogP contribution in [0.3, 0.4) is 0 Å². The molecule has 1 aromatic rings. The normalized spacial score (nSPS) is 10.1. The zero-order valence-electron chi connectivity index (χ0n) is 13.4. The summed E-state index contributed by atoms with van der Waals surface area (Å²) >= 11 is 0. The number of carbonyl (C=O) groups excluding carboxylic acids is 2. The standard InChI is InChI=1S/C16H23NO4/c1-6-20-15(19)9-17(5)14(18)10-21-16-12(3)8-7-11(2)13(16)4/h7-8H,6,9-10H2,1-5H3. The third kappa shape index (κ3) is 4.77. The van der Waals surface area contributed by atoms with Crippen molar-refractivity contribution in [2.45, 2.75) is 27.7 Å². The maximum absolute atomic E-state index is 12.0. The van der Waals surface area contributed by atoms with E-state index >= 15 is 0 Å². The van der Waals surface area contributed by atoms with Crippen molar-refractivity contribution in [2.75, 3.05) is 26.8 Å². The second-order valence-corrected chi connectivity index (χ2v) is 5.00. The van der Waals surface area contributed by atoms with Crippen LogP contribution < -0.4 is 4.74 Å². The fourth-order valence-electron chi connectivity index (χ4n) is 1.88. The van der Waals surface area contributed by atoms with Crippen LogP contribution in [0.5, 0.6) is 5.75 Å². The molecule has 0 saturated heterocycles. The van der Waals surface area contributed by atoms with Crippen LogP contribution in [-0.4, -0.2) is 43.6 Å². The van der Waals surface area contributed by atoms with Crippen molar-refractivity contribution >= 4 is 11.9 Å². The van der Waals surface area contributed by atoms with Gasteiger partial charge in [0.05, 0.1) is 6.61 Å². The Bertz CT molecular complexity index is 525. The van der Waals surface area contributed by atoms with Gasteiger partial charge in [-0.1, -0.05) is 12.1 Å². The summed E-state index contributed by atoms with van der Waals surface area (Å²) in [5.41, 5.74) is 3.12. The van der Waals surface area contributed by atoms with Crippen LogP contribution in [0.4, 0.5) is 0 Å². The Labute approximate surface area is 125 Å². The predicted molar refractivity (Wildman–Crippen MR) is 80.4 cm³/mol. The number of carbonyl (C=O) groups is 2. The monoisotopic (exact) mass is 293 g/mol. The third-order valence-electron chi connectivity index (χ3n) is 3.31. The summed E-state index contributed by atoms with van der Waals surface area (Å²) in [6.45, 7) is 7.77. The van der Waals surface area contributed by atoms with Gasteiger partial charge >= 0.3 is 5.97 Å². The highest BCUT2D eigenvalue weighted by molar-refractivity contribution is 5.82. The molecular weight excluding hydrogens is 270 g/mol. The summed E-state index contributed by atoms with van der Waals surface area (Å²) in [6, 6.07) is 3.98. The summed E-state index contributed by atoms with van der Waals surface area (Å²) in [6.07, 6.45) is 0. The van der Waals surface area contributed by atoms with Crippen LogP contribution >= 0.6 is 0 Å². The van der Waals surface area contributed by atoms with E-state index in [9.17, 15) is 9.59 Å². The number of rotatable bonds is 6. The molecule has 0 saturated carbocycles. The summed E-state index contributed by atoms with van der Waals surface area (Å²) < 4.78 is 10.4. The number of nitrogens with zero attached hydrogens (tertiary/aromatic N) is 1. The second-order valence-electron chi connectivity index (χ2n) is 5.00. The molecular formula is C16H23NO4. The van der Waals surface area contributed by atoms with Gasteiger partial charge in [0.2, 0.25) is 0 Å². The fraction of sp³-hybridized carbons (Fsp3) is 0.500. The van der Waals surface area contributed by atoms with E-state index in [0.29, 0.717) is 6.61 Å². The molecule has 0 aliphatic rings. The van der Waals surface area contributed by atoms with Gasteiger partial charge in [0.15, 0.2) is 6.61 Å². The SMILES string of the molecule is CCOC(=O)CN(C)C(=O)COc1c(C)ccc(C)c1C. The van der Waals surface area contributed by atoms with Gasteiger partial charge in [-0.15, -0.1) is 0 Å². The molecule has 0 N–H and O–H groups in total. The molecule has 0 aliphatic carbocycles. The van der Waals surface area contributed by atoms with Crippen molar-refractivity contribution in [3.8, 4) is 5.75 Å². The zero-order valence-corrected chi connectivity index (χ0v) is 13.4. The van der Waals surface area contributed by atoms with Crippen LogP contribution in [-0.2, 0) is 14.3 Å². The molecule has 5 heteroatoms. The van der Waals surface area contributed by atoms with Crippen molar-refractivity contribution in [2.24, 2.45) is 0 Å². The lowest BCUT2D eigenvalue weighted by molar-refractivity contribution is -0.148. The maximum Gasteiger partial charge on any atom is 0.325 e. The Balaban J connectivity index is 2.61.